The van der Waals surface area contributed by atoms with Gasteiger partial charge in [0.25, 0.3) is 0 Å². The quantitative estimate of drug-likeness (QED) is 0.784. The van der Waals surface area contributed by atoms with E-state index in [2.05, 4.69) is 9.88 Å². The molecule has 0 heterocycles. The maximum Gasteiger partial charge on any atom is 0.435 e. The van der Waals surface area contributed by atoms with Crippen LogP contribution in [0.3, 0.4) is 0 Å². The Balaban J connectivity index is 2.95. The summed E-state index contributed by atoms with van der Waals surface area (Å²) in [5.74, 6) is 0. The van der Waals surface area contributed by atoms with Gasteiger partial charge >= 0.3 is 13.8 Å². The van der Waals surface area contributed by atoms with E-state index >= 15 is 0 Å². The molecule has 0 aliphatic carbocycles. The van der Waals surface area contributed by atoms with Crippen LogP contribution in [0.2, 0.25) is 0 Å². The Labute approximate surface area is 86.7 Å². The molecule has 0 aliphatic heterocycles. The number of hydrogen-bond acceptors (Lipinski definition) is 2. The van der Waals surface area contributed by atoms with Gasteiger partial charge in [-0.2, -0.15) is 13.2 Å². The molecule has 1 N–H and O–H groups in total. The highest BCUT2D eigenvalue weighted by Gasteiger charge is 2.32. The van der Waals surface area contributed by atoms with Crippen LogP contribution in [0.1, 0.15) is 11.1 Å². The Morgan fingerprint density at radius 3 is 2.53 bits per heavy atom. The summed E-state index contributed by atoms with van der Waals surface area (Å²) in [6.45, 7) is 1.42. The van der Waals surface area contributed by atoms with E-state index in [-0.39, 0.29) is 5.56 Å². The van der Waals surface area contributed by atoms with Gasteiger partial charge in [-0.25, -0.2) is 0 Å². The molecule has 2 nitrogen and oxygen atoms in total. The molecule has 0 spiro atoms. The zero-order valence-electron chi connectivity index (χ0n) is 8.35. The lowest BCUT2D eigenvalue weighted by Crippen LogP contribution is -2.11. The molecule has 81 valence electrons. The minimum absolute atomic E-state index is 0.200. The molecule has 0 saturated heterocycles. The number of anilines is 1. The first-order valence-corrected chi connectivity index (χ1v) is 4.24. The van der Waals surface area contributed by atoms with Gasteiger partial charge < -0.3 is 9.88 Å². The fourth-order valence-electron chi connectivity index (χ4n) is 1.14. The van der Waals surface area contributed by atoms with Gasteiger partial charge in [0.1, 0.15) is 0 Å². The van der Waals surface area contributed by atoms with E-state index in [0.29, 0.717) is 5.69 Å². The van der Waals surface area contributed by atoms with Crippen molar-refractivity contribution in [2.24, 2.45) is 0 Å². The molecule has 0 aromatic heterocycles. The zero-order chi connectivity index (χ0) is 11.5. The molecular formula is C9H10BF3NO. The predicted octanol–water partition coefficient (Wildman–Crippen LogP) is 2.61. The average Bonchev–Trinajstić information content (AvgIpc) is 2.15. The van der Waals surface area contributed by atoms with Crippen LogP contribution in [-0.2, 0) is 10.8 Å². The lowest BCUT2D eigenvalue weighted by atomic mass is 10.1. The molecule has 15 heavy (non-hydrogen) atoms. The third-order valence-electron chi connectivity index (χ3n) is 1.89. The third-order valence-corrected chi connectivity index (χ3v) is 1.89. The van der Waals surface area contributed by atoms with Gasteiger partial charge in [0.2, 0.25) is 0 Å². The Kier molecular flexibility index (Phi) is 3.63. The molecule has 0 bridgehead atoms. The van der Waals surface area contributed by atoms with E-state index in [9.17, 15) is 13.2 Å². The number of hydrogen-bond donors (Lipinski definition) is 1. The van der Waals surface area contributed by atoms with Crippen LogP contribution in [0.5, 0.6) is 0 Å². The van der Waals surface area contributed by atoms with Crippen molar-refractivity contribution in [1.82, 2.24) is 0 Å². The number of nitrogens with one attached hydrogen (secondary N) is 1. The minimum Gasteiger partial charge on any atom is -0.422 e. The highest BCUT2D eigenvalue weighted by molar-refractivity contribution is 6.32. The summed E-state index contributed by atoms with van der Waals surface area (Å²) in [5, 5.41) is 2.59. The minimum atomic E-state index is -4.32. The van der Waals surface area contributed by atoms with Crippen LogP contribution < -0.4 is 5.23 Å². The van der Waals surface area contributed by atoms with Crippen molar-refractivity contribution in [3.8, 4) is 0 Å². The fraction of sp³-hybridized carbons (Fsp3) is 0.333. The number of benzene rings is 1. The molecule has 1 radical (unpaired) electrons. The van der Waals surface area contributed by atoms with E-state index < -0.39 is 11.7 Å². The fourth-order valence-corrected chi connectivity index (χ4v) is 1.14. The number of halogens is 3. The average molecular weight is 216 g/mol. The summed E-state index contributed by atoms with van der Waals surface area (Å²) in [7, 11) is 2.62. The molecular weight excluding hydrogens is 206 g/mol. The molecule has 0 unspecified atom stereocenters. The van der Waals surface area contributed by atoms with Gasteiger partial charge in [-0.15, -0.1) is 0 Å². The smallest absolute Gasteiger partial charge is 0.422 e. The Morgan fingerprint density at radius 1 is 1.33 bits per heavy atom. The van der Waals surface area contributed by atoms with E-state index in [1.807, 2.05) is 0 Å². The van der Waals surface area contributed by atoms with Crippen molar-refractivity contribution in [1.29, 1.82) is 0 Å². The first kappa shape index (κ1) is 11.9. The molecule has 6 heteroatoms. The third kappa shape index (κ3) is 3.16. The number of aryl methyl sites for hydroxylation is 1. The van der Waals surface area contributed by atoms with Crippen molar-refractivity contribution in [3.63, 3.8) is 0 Å². The van der Waals surface area contributed by atoms with Crippen molar-refractivity contribution in [2.75, 3.05) is 12.3 Å². The van der Waals surface area contributed by atoms with Crippen LogP contribution in [0.15, 0.2) is 18.2 Å². The molecule has 0 aliphatic rings. The molecule has 0 atom stereocenters. The van der Waals surface area contributed by atoms with Crippen LogP contribution in [-0.4, -0.2) is 14.7 Å². The normalized spacial score (nSPS) is 11.3. The predicted molar refractivity (Wildman–Crippen MR) is 52.6 cm³/mol. The largest absolute Gasteiger partial charge is 0.435 e. The highest BCUT2D eigenvalue weighted by atomic mass is 19.4. The van der Waals surface area contributed by atoms with Gasteiger partial charge in [-0.05, 0) is 24.6 Å². The lowest BCUT2D eigenvalue weighted by molar-refractivity contribution is -0.138. The highest BCUT2D eigenvalue weighted by Crippen LogP contribution is 2.33. The van der Waals surface area contributed by atoms with Crippen LogP contribution in [0.4, 0.5) is 18.9 Å². The second-order valence-corrected chi connectivity index (χ2v) is 3.03. The zero-order valence-corrected chi connectivity index (χ0v) is 8.35. The summed E-state index contributed by atoms with van der Waals surface area (Å²) in [5.41, 5.74) is -0.0998. The first-order valence-electron chi connectivity index (χ1n) is 4.24. The SMILES string of the molecule is CO[B]Nc1ccc(C)c(C(F)(F)F)c1. The Morgan fingerprint density at radius 2 is 2.00 bits per heavy atom. The lowest BCUT2D eigenvalue weighted by Gasteiger charge is -2.12. The molecule has 0 fully saturated rings. The van der Waals surface area contributed by atoms with E-state index in [1.165, 1.54) is 27.7 Å². The summed E-state index contributed by atoms with van der Waals surface area (Å²) in [4.78, 5) is 0. The Hall–Kier alpha value is -1.17. The van der Waals surface area contributed by atoms with E-state index in [4.69, 9.17) is 0 Å². The first-order chi connectivity index (χ1) is 6.95. The van der Waals surface area contributed by atoms with Crippen LogP contribution in [0, 0.1) is 6.92 Å². The summed E-state index contributed by atoms with van der Waals surface area (Å²) >= 11 is 0. The molecule has 0 amide bonds. The standard InChI is InChI=1S/C9H10BF3NO/c1-6-3-4-7(14-10-15-2)5-8(6)9(11,12)13/h3-5,14H,1-2H3. The van der Waals surface area contributed by atoms with Crippen molar-refractivity contribution in [2.45, 2.75) is 13.1 Å². The second kappa shape index (κ2) is 4.57. The maximum atomic E-state index is 12.5. The van der Waals surface area contributed by atoms with Crippen molar-refractivity contribution < 1.29 is 17.8 Å². The van der Waals surface area contributed by atoms with Gasteiger partial charge in [0, 0.05) is 12.8 Å². The van der Waals surface area contributed by atoms with E-state index in [0.717, 1.165) is 6.07 Å². The van der Waals surface area contributed by atoms with Gasteiger partial charge in [-0.1, -0.05) is 6.07 Å². The number of rotatable bonds is 3. The summed E-state index contributed by atoms with van der Waals surface area (Å²) < 4.78 is 42.0. The molecule has 1 rings (SSSR count). The summed E-state index contributed by atoms with van der Waals surface area (Å²) in [6, 6.07) is 4.01. The molecule has 0 saturated carbocycles. The second-order valence-electron chi connectivity index (χ2n) is 3.03. The van der Waals surface area contributed by atoms with Gasteiger partial charge in [0.15, 0.2) is 0 Å². The Bertz CT molecular complexity index is 341. The monoisotopic (exact) mass is 216 g/mol. The molecule has 1 aromatic carbocycles. The molecule has 1 aromatic rings. The maximum absolute atomic E-state index is 12.5. The topological polar surface area (TPSA) is 21.3 Å². The van der Waals surface area contributed by atoms with Crippen LogP contribution in [0.25, 0.3) is 0 Å². The van der Waals surface area contributed by atoms with Gasteiger partial charge in [-0.3, -0.25) is 0 Å². The van der Waals surface area contributed by atoms with Crippen molar-refractivity contribution in [3.05, 3.63) is 29.3 Å². The van der Waals surface area contributed by atoms with E-state index in [1.54, 1.807) is 6.07 Å². The summed E-state index contributed by atoms with van der Waals surface area (Å²) in [6.07, 6.45) is -4.32. The van der Waals surface area contributed by atoms with Gasteiger partial charge in [0.05, 0.1) is 5.56 Å². The van der Waals surface area contributed by atoms with Crippen LogP contribution >= 0.6 is 0 Å². The number of alkyl halides is 3. The van der Waals surface area contributed by atoms with Crippen molar-refractivity contribution >= 4 is 13.3 Å².